The monoisotopic (exact) mass is 393 g/mol. The quantitative estimate of drug-likeness (QED) is 0.341. The van der Waals surface area contributed by atoms with Crippen LogP contribution in [0.4, 0.5) is 0 Å². The van der Waals surface area contributed by atoms with Gasteiger partial charge in [-0.1, -0.05) is 121 Å². The highest BCUT2D eigenvalue weighted by molar-refractivity contribution is 7.09. The molecule has 4 rings (SSSR count). The minimum absolute atomic E-state index is 1.01. The molecule has 0 atom stereocenters. The Labute approximate surface area is 175 Å². The largest absolute Gasteiger partial charge is 0.316 e. The summed E-state index contributed by atoms with van der Waals surface area (Å²) >= 11 is 0. The van der Waals surface area contributed by atoms with Crippen LogP contribution in [0.3, 0.4) is 0 Å². The second kappa shape index (κ2) is 9.04. The summed E-state index contributed by atoms with van der Waals surface area (Å²) in [4.78, 5) is 0. The third kappa shape index (κ3) is 3.95. The zero-order valence-electron chi connectivity index (χ0n) is 16.9. The fourth-order valence-corrected chi connectivity index (χ4v) is 9.10. The molecule has 0 amide bonds. The van der Waals surface area contributed by atoms with E-state index in [9.17, 15) is 0 Å². The van der Waals surface area contributed by atoms with Gasteiger partial charge in [0.1, 0.15) is 0 Å². The van der Waals surface area contributed by atoms with Crippen molar-refractivity contribution in [1.82, 2.24) is 4.57 Å². The molecule has 144 valence electrons. The van der Waals surface area contributed by atoms with E-state index in [0.717, 1.165) is 13.0 Å². The summed E-state index contributed by atoms with van der Waals surface area (Å²) < 4.78 is 2.64. The Kier molecular flexibility index (Phi) is 6.04. The van der Waals surface area contributed by atoms with Crippen LogP contribution < -0.4 is 15.6 Å². The Morgan fingerprint density at radius 2 is 0.862 bits per heavy atom. The first-order valence-electron chi connectivity index (χ1n) is 10.2. The van der Waals surface area contributed by atoms with Crippen LogP contribution in [0.2, 0.25) is 0 Å². The highest BCUT2D eigenvalue weighted by Crippen LogP contribution is 2.13. The fraction of sp³-hybridized carbons (Fsp3) is 0.111. The van der Waals surface area contributed by atoms with Gasteiger partial charge in [-0.3, -0.25) is 0 Å². The molecule has 0 aliphatic heterocycles. The summed E-state index contributed by atoms with van der Waals surface area (Å²) in [6, 6.07) is 44.1. The van der Waals surface area contributed by atoms with Gasteiger partial charge < -0.3 is 4.57 Å². The number of nitrogens with zero attached hydrogens (tertiary/aromatic N) is 1. The summed E-state index contributed by atoms with van der Waals surface area (Å²) in [5, 5.41) is 4.27. The Bertz CT molecular complexity index is 905. The number of hydrogen-bond acceptors (Lipinski definition) is 1. The van der Waals surface area contributed by atoms with Crippen molar-refractivity contribution >= 4 is 23.8 Å². The van der Waals surface area contributed by atoms with Gasteiger partial charge in [0, 0.05) is 0 Å². The molecule has 0 spiro atoms. The zero-order chi connectivity index (χ0) is 19.9. The Hall–Kier alpha value is -2.94. The number of benzene rings is 4. The van der Waals surface area contributed by atoms with Gasteiger partial charge in [-0.15, -0.1) is 0 Å². The third-order valence-corrected chi connectivity index (χ3v) is 10.6. The normalized spacial score (nSPS) is 11.5. The molecule has 4 aromatic carbocycles. The molecule has 0 N–H and O–H groups in total. The maximum Gasteiger partial charge on any atom is 0.224 e. The average molecular weight is 394 g/mol. The molecule has 0 heterocycles. The predicted molar refractivity (Wildman–Crippen MR) is 127 cm³/mol. The molecule has 0 fully saturated rings. The Balaban J connectivity index is 1.85. The number of rotatable bonds is 7. The van der Waals surface area contributed by atoms with Crippen LogP contribution in [0.15, 0.2) is 121 Å². The smallest absolute Gasteiger partial charge is 0.224 e. The first-order chi connectivity index (χ1) is 14.3. The fourth-order valence-electron chi connectivity index (χ4n) is 4.31. The molecule has 0 saturated heterocycles. The average Bonchev–Trinajstić information content (AvgIpc) is 2.81. The van der Waals surface area contributed by atoms with Crippen molar-refractivity contribution in [2.24, 2.45) is 0 Å². The molecule has 0 unspecified atom stereocenters. The van der Waals surface area contributed by atoms with E-state index >= 15 is 0 Å². The van der Waals surface area contributed by atoms with E-state index in [1.807, 2.05) is 0 Å². The van der Waals surface area contributed by atoms with Gasteiger partial charge in [0.25, 0.3) is 0 Å². The van der Waals surface area contributed by atoms with Gasteiger partial charge in [0.15, 0.2) is 0 Å². The molecular formula is C27H27NSi. The molecule has 0 saturated carbocycles. The molecule has 0 radical (unpaired) electrons. The lowest BCUT2D eigenvalue weighted by Crippen LogP contribution is -2.76. The van der Waals surface area contributed by atoms with Gasteiger partial charge in [0.05, 0.1) is 0 Å². The number of likely N-dealkylation sites (N-methyl/N-ethyl adjacent to an activating group) is 1. The van der Waals surface area contributed by atoms with Gasteiger partial charge in [0.2, 0.25) is 8.24 Å². The minimum atomic E-state index is -2.35. The van der Waals surface area contributed by atoms with Crippen LogP contribution in [-0.4, -0.2) is 26.4 Å². The van der Waals surface area contributed by atoms with Crippen LogP contribution in [0.1, 0.15) is 5.56 Å². The lowest BCUT2D eigenvalue weighted by atomic mass is 10.2. The first kappa shape index (κ1) is 19.4. The molecular weight excluding hydrogens is 366 g/mol. The van der Waals surface area contributed by atoms with Crippen LogP contribution in [-0.2, 0) is 6.42 Å². The van der Waals surface area contributed by atoms with E-state index < -0.39 is 8.24 Å². The summed E-state index contributed by atoms with van der Waals surface area (Å²) in [7, 11) is -0.0401. The van der Waals surface area contributed by atoms with Crippen molar-refractivity contribution in [2.75, 3.05) is 13.6 Å². The highest BCUT2D eigenvalue weighted by atomic mass is 28.3. The molecule has 0 bridgehead atoms. The van der Waals surface area contributed by atoms with Crippen molar-refractivity contribution < 1.29 is 0 Å². The summed E-state index contributed by atoms with van der Waals surface area (Å²) in [6.45, 7) is 1.01. The lowest BCUT2D eigenvalue weighted by Gasteiger charge is -2.41. The van der Waals surface area contributed by atoms with Crippen LogP contribution in [0.5, 0.6) is 0 Å². The van der Waals surface area contributed by atoms with E-state index in [2.05, 4.69) is 133 Å². The van der Waals surface area contributed by atoms with E-state index in [0.29, 0.717) is 0 Å². The van der Waals surface area contributed by atoms with Crippen molar-refractivity contribution in [3.63, 3.8) is 0 Å². The molecule has 0 aliphatic carbocycles. The standard InChI is InChI=1S/C27H27NSi/c1-28(23-22-24-14-6-2-7-15-24)29(25-16-8-3-9-17-25,26-18-10-4-11-19-26)27-20-12-5-13-21-27/h2-21H,22-23H2,1H3. The zero-order valence-corrected chi connectivity index (χ0v) is 17.9. The van der Waals surface area contributed by atoms with Crippen LogP contribution >= 0.6 is 0 Å². The second-order valence-electron chi connectivity index (χ2n) is 7.47. The van der Waals surface area contributed by atoms with Gasteiger partial charge >= 0.3 is 0 Å². The molecule has 4 aromatic rings. The minimum Gasteiger partial charge on any atom is -0.316 e. The summed E-state index contributed by atoms with van der Waals surface area (Å²) in [5.74, 6) is 0. The SMILES string of the molecule is CN(CCc1ccccc1)[Si](c1ccccc1)(c1ccccc1)c1ccccc1. The molecule has 29 heavy (non-hydrogen) atoms. The van der Waals surface area contributed by atoms with Crippen LogP contribution in [0.25, 0.3) is 0 Å². The van der Waals surface area contributed by atoms with Crippen molar-refractivity contribution in [3.8, 4) is 0 Å². The highest BCUT2D eigenvalue weighted by Gasteiger charge is 2.43. The van der Waals surface area contributed by atoms with E-state index in [-0.39, 0.29) is 0 Å². The summed E-state index contributed by atoms with van der Waals surface area (Å²) in [6.07, 6.45) is 1.04. The Morgan fingerprint density at radius 3 is 1.24 bits per heavy atom. The molecule has 1 nitrogen and oxygen atoms in total. The van der Waals surface area contributed by atoms with Crippen LogP contribution in [0, 0.1) is 0 Å². The van der Waals surface area contributed by atoms with E-state index in [1.165, 1.54) is 21.1 Å². The van der Waals surface area contributed by atoms with Crippen molar-refractivity contribution in [3.05, 3.63) is 127 Å². The molecule has 0 aromatic heterocycles. The molecule has 2 heteroatoms. The number of hydrogen-bond donors (Lipinski definition) is 0. The van der Waals surface area contributed by atoms with Gasteiger partial charge in [-0.25, -0.2) is 0 Å². The second-order valence-corrected chi connectivity index (χ2v) is 11.4. The molecule has 0 aliphatic rings. The maximum atomic E-state index is 2.64. The third-order valence-electron chi connectivity index (χ3n) is 5.73. The van der Waals surface area contributed by atoms with Gasteiger partial charge in [-0.05, 0) is 41.1 Å². The van der Waals surface area contributed by atoms with Gasteiger partial charge in [-0.2, -0.15) is 0 Å². The maximum absolute atomic E-state index is 2.64. The van der Waals surface area contributed by atoms with Crippen molar-refractivity contribution in [1.29, 1.82) is 0 Å². The van der Waals surface area contributed by atoms with Crippen molar-refractivity contribution in [2.45, 2.75) is 6.42 Å². The van der Waals surface area contributed by atoms with E-state index in [4.69, 9.17) is 0 Å². The predicted octanol–water partition coefficient (Wildman–Crippen LogP) is 3.83. The lowest BCUT2D eigenvalue weighted by molar-refractivity contribution is 0.525. The first-order valence-corrected chi connectivity index (χ1v) is 12.2. The topological polar surface area (TPSA) is 3.24 Å². The summed E-state index contributed by atoms with van der Waals surface area (Å²) in [5.41, 5.74) is 1.39. The Morgan fingerprint density at radius 1 is 0.517 bits per heavy atom. The van der Waals surface area contributed by atoms with E-state index in [1.54, 1.807) is 0 Å².